The smallest absolute Gasteiger partial charge is 0.416 e. The van der Waals surface area contributed by atoms with Crippen LogP contribution in [0.5, 0.6) is 0 Å². The van der Waals surface area contributed by atoms with Crippen LogP contribution in [-0.4, -0.2) is 28.7 Å². The van der Waals surface area contributed by atoms with Crippen LogP contribution in [0.2, 0.25) is 0 Å². The van der Waals surface area contributed by atoms with Crippen LogP contribution in [0.25, 0.3) is 0 Å². The Balaban J connectivity index is 2.14. The van der Waals surface area contributed by atoms with Gasteiger partial charge in [-0.05, 0) is 19.4 Å². The second-order valence-electron chi connectivity index (χ2n) is 5.77. The number of rotatable bonds is 3. The number of amides is 1. The van der Waals surface area contributed by atoms with Gasteiger partial charge in [0.25, 0.3) is 0 Å². The zero-order chi connectivity index (χ0) is 16.6. The summed E-state index contributed by atoms with van der Waals surface area (Å²) in [6.07, 6.45) is 0.401. The molecule has 0 spiro atoms. The minimum atomic E-state index is -0.824. The van der Waals surface area contributed by atoms with E-state index in [1.165, 1.54) is 4.90 Å². The zero-order valence-corrected chi connectivity index (χ0v) is 13.1. The summed E-state index contributed by atoms with van der Waals surface area (Å²) in [6, 6.07) is 8.86. The predicted molar refractivity (Wildman–Crippen MR) is 83.8 cm³/mol. The quantitative estimate of drug-likeness (QED) is 0.942. The van der Waals surface area contributed by atoms with Crippen LogP contribution in [0, 0.1) is 5.82 Å². The molecule has 1 aliphatic rings. The first-order valence-corrected chi connectivity index (χ1v) is 7.21. The molecule has 1 aromatic heterocycles. The Bertz CT molecular complexity index is 736. The molecular formula is C16H17FN4O2. The van der Waals surface area contributed by atoms with E-state index in [9.17, 15) is 9.18 Å². The molecule has 0 aliphatic carbocycles. The lowest BCUT2D eigenvalue weighted by Gasteiger charge is -2.28. The molecule has 1 aliphatic heterocycles. The van der Waals surface area contributed by atoms with Crippen LogP contribution >= 0.6 is 0 Å². The fraction of sp³-hybridized carbons (Fsp3) is 0.312. The minimum absolute atomic E-state index is 0.103. The lowest BCUT2D eigenvalue weighted by atomic mass is 9.91. The molecule has 0 radical (unpaired) electrons. The molecule has 1 amide bonds. The first-order valence-electron chi connectivity index (χ1n) is 7.21. The van der Waals surface area contributed by atoms with Gasteiger partial charge in [-0.1, -0.05) is 30.3 Å². The maximum Gasteiger partial charge on any atom is 0.416 e. The van der Waals surface area contributed by atoms with Crippen molar-refractivity contribution in [1.29, 1.82) is 0 Å². The summed E-state index contributed by atoms with van der Waals surface area (Å²) in [5.74, 6) is -0.556. The summed E-state index contributed by atoms with van der Waals surface area (Å²) < 4.78 is 19.7. The summed E-state index contributed by atoms with van der Waals surface area (Å²) in [5, 5.41) is 2.74. The molecule has 7 heteroatoms. The third-order valence-electron chi connectivity index (χ3n) is 3.76. The molecule has 1 aromatic carbocycles. The van der Waals surface area contributed by atoms with Gasteiger partial charge in [0.15, 0.2) is 11.6 Å². The van der Waals surface area contributed by atoms with Crippen LogP contribution in [-0.2, 0) is 4.74 Å². The second-order valence-corrected chi connectivity index (χ2v) is 5.77. The first-order chi connectivity index (χ1) is 10.9. The lowest BCUT2D eigenvalue weighted by Crippen LogP contribution is -2.35. The maximum atomic E-state index is 14.3. The molecule has 2 heterocycles. The van der Waals surface area contributed by atoms with Gasteiger partial charge in [-0.15, -0.1) is 0 Å². The highest BCUT2D eigenvalue weighted by Gasteiger charge is 2.50. The zero-order valence-electron chi connectivity index (χ0n) is 13.1. The second kappa shape index (κ2) is 5.49. The number of nitrogens with one attached hydrogen (secondary N) is 1. The van der Waals surface area contributed by atoms with Crippen molar-refractivity contribution in [2.45, 2.75) is 25.5 Å². The molecule has 1 N–H and O–H groups in total. The van der Waals surface area contributed by atoms with E-state index in [0.29, 0.717) is 0 Å². The molecule has 0 bridgehead atoms. The Labute approximate surface area is 133 Å². The van der Waals surface area contributed by atoms with Crippen molar-refractivity contribution < 1.29 is 13.9 Å². The number of carbonyl (C=O) groups excluding carboxylic acids is 1. The number of hydrogen-bond donors (Lipinski definition) is 1. The van der Waals surface area contributed by atoms with E-state index in [0.717, 1.165) is 11.8 Å². The summed E-state index contributed by atoms with van der Waals surface area (Å²) >= 11 is 0. The van der Waals surface area contributed by atoms with Crippen LogP contribution in [0.1, 0.15) is 25.5 Å². The van der Waals surface area contributed by atoms with Crippen molar-refractivity contribution in [3.63, 3.8) is 0 Å². The van der Waals surface area contributed by atoms with Crippen molar-refractivity contribution in [3.8, 4) is 0 Å². The molecule has 6 nitrogen and oxygen atoms in total. The molecular weight excluding hydrogens is 299 g/mol. The van der Waals surface area contributed by atoms with Gasteiger partial charge in [0, 0.05) is 7.05 Å². The van der Waals surface area contributed by atoms with Crippen molar-refractivity contribution in [1.82, 2.24) is 9.97 Å². The third kappa shape index (κ3) is 2.58. The number of nitrogens with zero attached hydrogens (tertiary/aromatic N) is 3. The van der Waals surface area contributed by atoms with Crippen molar-refractivity contribution in [2.24, 2.45) is 0 Å². The van der Waals surface area contributed by atoms with Gasteiger partial charge in [0.2, 0.25) is 5.95 Å². The van der Waals surface area contributed by atoms with E-state index < -0.39 is 23.6 Å². The maximum absolute atomic E-state index is 14.3. The molecule has 1 saturated heterocycles. The highest BCUT2D eigenvalue weighted by Crippen LogP contribution is 2.43. The van der Waals surface area contributed by atoms with E-state index in [4.69, 9.17) is 4.74 Å². The number of carbonyl (C=O) groups is 1. The SMILES string of the molecule is CNc1ncc(F)c(N2C(=O)OC(C)(C)C2c2ccccc2)n1. The van der Waals surface area contributed by atoms with Crippen LogP contribution in [0.15, 0.2) is 36.5 Å². The molecule has 1 atom stereocenters. The lowest BCUT2D eigenvalue weighted by molar-refractivity contribution is 0.0685. The van der Waals surface area contributed by atoms with E-state index in [-0.39, 0.29) is 11.8 Å². The number of benzene rings is 1. The number of ether oxygens (including phenoxy) is 1. The van der Waals surface area contributed by atoms with Gasteiger partial charge in [-0.3, -0.25) is 0 Å². The Morgan fingerprint density at radius 2 is 2.00 bits per heavy atom. The van der Waals surface area contributed by atoms with Gasteiger partial charge in [0.05, 0.1) is 6.20 Å². The Morgan fingerprint density at radius 3 is 2.65 bits per heavy atom. The Kier molecular flexibility index (Phi) is 3.63. The minimum Gasteiger partial charge on any atom is -0.440 e. The van der Waals surface area contributed by atoms with Crippen molar-refractivity contribution in [3.05, 3.63) is 47.9 Å². The normalized spacial score (nSPS) is 19.6. The number of hydrogen-bond acceptors (Lipinski definition) is 5. The fourth-order valence-corrected chi connectivity index (χ4v) is 2.79. The van der Waals surface area contributed by atoms with Crippen LogP contribution < -0.4 is 10.2 Å². The van der Waals surface area contributed by atoms with Gasteiger partial charge < -0.3 is 10.1 Å². The molecule has 23 heavy (non-hydrogen) atoms. The van der Waals surface area contributed by atoms with Crippen LogP contribution in [0.3, 0.4) is 0 Å². The number of cyclic esters (lactones) is 1. The Morgan fingerprint density at radius 1 is 1.30 bits per heavy atom. The van der Waals surface area contributed by atoms with Crippen LogP contribution in [0.4, 0.5) is 21.0 Å². The largest absolute Gasteiger partial charge is 0.440 e. The predicted octanol–water partition coefficient (Wildman–Crippen LogP) is 3.13. The summed E-state index contributed by atoms with van der Waals surface area (Å²) in [6.45, 7) is 3.58. The summed E-state index contributed by atoms with van der Waals surface area (Å²) in [4.78, 5) is 21.5. The van der Waals surface area contributed by atoms with Gasteiger partial charge in [0.1, 0.15) is 11.6 Å². The number of halogens is 1. The van der Waals surface area contributed by atoms with Gasteiger partial charge in [-0.2, -0.15) is 4.98 Å². The summed E-state index contributed by atoms with van der Waals surface area (Å²) in [7, 11) is 1.62. The molecule has 0 saturated carbocycles. The number of aromatic nitrogens is 2. The number of anilines is 2. The van der Waals surface area contributed by atoms with Gasteiger partial charge >= 0.3 is 6.09 Å². The van der Waals surface area contributed by atoms with Crippen molar-refractivity contribution >= 4 is 17.9 Å². The molecule has 1 unspecified atom stereocenters. The highest BCUT2D eigenvalue weighted by atomic mass is 19.1. The van der Waals surface area contributed by atoms with Gasteiger partial charge in [-0.25, -0.2) is 19.1 Å². The van der Waals surface area contributed by atoms with E-state index in [1.54, 1.807) is 20.9 Å². The average molecular weight is 316 g/mol. The Hall–Kier alpha value is -2.70. The molecule has 120 valence electrons. The molecule has 3 rings (SSSR count). The first kappa shape index (κ1) is 15.2. The molecule has 1 fully saturated rings. The average Bonchev–Trinajstić information content (AvgIpc) is 2.77. The van der Waals surface area contributed by atoms with E-state index in [2.05, 4.69) is 15.3 Å². The molecule has 2 aromatic rings. The van der Waals surface area contributed by atoms with E-state index >= 15 is 0 Å². The van der Waals surface area contributed by atoms with Crippen molar-refractivity contribution in [2.75, 3.05) is 17.3 Å². The summed E-state index contributed by atoms with van der Waals surface area (Å²) in [5.41, 5.74) is 0.0164. The third-order valence-corrected chi connectivity index (χ3v) is 3.76. The van der Waals surface area contributed by atoms with E-state index in [1.807, 2.05) is 30.3 Å². The monoisotopic (exact) mass is 316 g/mol. The fourth-order valence-electron chi connectivity index (χ4n) is 2.79. The topological polar surface area (TPSA) is 67.4 Å². The highest BCUT2D eigenvalue weighted by molar-refractivity contribution is 5.90. The standard InChI is InChI=1S/C16H17FN4O2/c1-16(2)12(10-7-5-4-6-8-10)21(15(22)23-16)13-11(17)9-19-14(18-3)20-13/h4-9,12H,1-3H3,(H,18,19,20).